The lowest BCUT2D eigenvalue weighted by atomic mass is 9.84. The van der Waals surface area contributed by atoms with Crippen LogP contribution in [-0.2, 0) is 0 Å². The summed E-state index contributed by atoms with van der Waals surface area (Å²) in [5.41, 5.74) is 1.71. The van der Waals surface area contributed by atoms with Gasteiger partial charge in [0.05, 0.1) is 6.33 Å². The Balaban J connectivity index is 1.67. The van der Waals surface area contributed by atoms with Crippen molar-refractivity contribution in [1.29, 1.82) is 0 Å². The minimum atomic E-state index is 0.577. The maximum atomic E-state index is 4.41. The molecule has 2 N–H and O–H groups in total. The minimum absolute atomic E-state index is 0.577. The fraction of sp³-hybridized carbons (Fsp3) is 0.667. The average Bonchev–Trinajstić information content (AvgIpc) is 3.01. The van der Waals surface area contributed by atoms with E-state index in [4.69, 9.17) is 0 Å². The molecule has 0 aromatic carbocycles. The van der Waals surface area contributed by atoms with Gasteiger partial charge in [0.1, 0.15) is 16.9 Å². The maximum absolute atomic E-state index is 4.41. The highest BCUT2D eigenvalue weighted by Crippen LogP contribution is 2.30. The Morgan fingerprint density at radius 2 is 2.14 bits per heavy atom. The summed E-state index contributed by atoms with van der Waals surface area (Å²) in [7, 11) is 0. The van der Waals surface area contributed by atoms with E-state index in [1.165, 1.54) is 32.1 Å². The number of imidazole rings is 1. The van der Waals surface area contributed by atoms with Gasteiger partial charge in [-0.3, -0.25) is 0 Å². The molecule has 0 spiro atoms. The van der Waals surface area contributed by atoms with E-state index in [1.54, 1.807) is 12.7 Å². The van der Waals surface area contributed by atoms with Crippen molar-refractivity contribution in [3.63, 3.8) is 0 Å². The lowest BCUT2D eigenvalue weighted by Crippen LogP contribution is -2.39. The highest BCUT2D eigenvalue weighted by molar-refractivity contribution is 7.99. The normalized spacial score (nSPS) is 18.1. The summed E-state index contributed by atoms with van der Waals surface area (Å²) in [6.07, 6.45) is 10.2. The van der Waals surface area contributed by atoms with E-state index in [9.17, 15) is 0 Å². The van der Waals surface area contributed by atoms with Gasteiger partial charge in [-0.05, 0) is 25.3 Å². The van der Waals surface area contributed by atoms with Gasteiger partial charge in [-0.25, -0.2) is 15.0 Å². The van der Waals surface area contributed by atoms with Crippen molar-refractivity contribution in [1.82, 2.24) is 25.3 Å². The summed E-state index contributed by atoms with van der Waals surface area (Å²) in [5.74, 6) is 1.87. The van der Waals surface area contributed by atoms with Crippen LogP contribution in [0.2, 0.25) is 0 Å². The first-order valence-electron chi connectivity index (χ1n) is 7.88. The van der Waals surface area contributed by atoms with Crippen LogP contribution in [0.5, 0.6) is 0 Å². The van der Waals surface area contributed by atoms with Crippen LogP contribution in [0.4, 0.5) is 0 Å². The van der Waals surface area contributed by atoms with Crippen molar-refractivity contribution in [2.24, 2.45) is 5.92 Å². The van der Waals surface area contributed by atoms with Crippen LogP contribution in [0.3, 0.4) is 0 Å². The predicted molar refractivity (Wildman–Crippen MR) is 86.4 cm³/mol. The molecule has 1 saturated carbocycles. The monoisotopic (exact) mass is 305 g/mol. The van der Waals surface area contributed by atoms with Gasteiger partial charge in [0.25, 0.3) is 0 Å². The predicted octanol–water partition coefficient (Wildman–Crippen LogP) is 3.00. The number of aromatic nitrogens is 4. The molecule has 0 saturated heterocycles. The summed E-state index contributed by atoms with van der Waals surface area (Å²) in [5, 5.41) is 4.68. The highest BCUT2D eigenvalue weighted by Gasteiger charge is 2.23. The van der Waals surface area contributed by atoms with Gasteiger partial charge in [0, 0.05) is 11.8 Å². The topological polar surface area (TPSA) is 66.5 Å². The first-order chi connectivity index (χ1) is 10.4. The first-order valence-corrected chi connectivity index (χ1v) is 8.87. The van der Waals surface area contributed by atoms with Gasteiger partial charge in [-0.15, -0.1) is 11.8 Å². The molecule has 2 aromatic rings. The molecule has 114 valence electrons. The number of rotatable bonds is 6. The molecule has 2 heterocycles. The molecular formula is C15H23N5S. The van der Waals surface area contributed by atoms with Crippen molar-refractivity contribution < 1.29 is 0 Å². The van der Waals surface area contributed by atoms with Gasteiger partial charge in [-0.1, -0.05) is 26.2 Å². The lowest BCUT2D eigenvalue weighted by Gasteiger charge is -2.30. The smallest absolute Gasteiger partial charge is 0.181 e. The molecule has 0 bridgehead atoms. The number of hydrogen-bond acceptors (Lipinski definition) is 5. The third-order valence-corrected chi connectivity index (χ3v) is 5.38. The van der Waals surface area contributed by atoms with Crippen molar-refractivity contribution >= 4 is 22.9 Å². The second kappa shape index (κ2) is 7.22. The van der Waals surface area contributed by atoms with Crippen LogP contribution in [-0.4, -0.2) is 38.3 Å². The van der Waals surface area contributed by atoms with Crippen LogP contribution in [0.15, 0.2) is 17.7 Å². The van der Waals surface area contributed by atoms with Gasteiger partial charge in [0.15, 0.2) is 5.65 Å². The van der Waals surface area contributed by atoms with Crippen LogP contribution in [0, 0.1) is 5.92 Å². The number of fused-ring (bicyclic) bond motifs is 1. The summed E-state index contributed by atoms with van der Waals surface area (Å²) in [6, 6.07) is 0.577. The zero-order valence-electron chi connectivity index (χ0n) is 12.5. The summed E-state index contributed by atoms with van der Waals surface area (Å²) < 4.78 is 0. The summed E-state index contributed by atoms with van der Waals surface area (Å²) in [6.45, 7) is 3.23. The summed E-state index contributed by atoms with van der Waals surface area (Å²) in [4.78, 5) is 15.9. The highest BCUT2D eigenvalue weighted by atomic mass is 32.2. The number of nitrogens with one attached hydrogen (secondary N) is 2. The van der Waals surface area contributed by atoms with E-state index >= 15 is 0 Å². The van der Waals surface area contributed by atoms with E-state index < -0.39 is 0 Å². The molecule has 0 aliphatic heterocycles. The second-order valence-corrected chi connectivity index (χ2v) is 6.66. The molecule has 21 heavy (non-hydrogen) atoms. The molecule has 3 rings (SSSR count). The third kappa shape index (κ3) is 3.55. The van der Waals surface area contributed by atoms with Gasteiger partial charge >= 0.3 is 0 Å². The average molecular weight is 305 g/mol. The number of hydrogen-bond donors (Lipinski definition) is 2. The molecule has 1 aliphatic carbocycles. The Hall–Kier alpha value is -1.14. The zero-order chi connectivity index (χ0) is 14.5. The molecule has 1 aliphatic rings. The maximum Gasteiger partial charge on any atom is 0.181 e. The van der Waals surface area contributed by atoms with Gasteiger partial charge < -0.3 is 10.3 Å². The number of H-pyrrole nitrogens is 1. The Kier molecular flexibility index (Phi) is 5.08. The second-order valence-electron chi connectivity index (χ2n) is 5.65. The molecule has 6 heteroatoms. The molecule has 0 amide bonds. The van der Waals surface area contributed by atoms with Crippen molar-refractivity contribution in [2.45, 2.75) is 50.1 Å². The Morgan fingerprint density at radius 3 is 2.95 bits per heavy atom. The van der Waals surface area contributed by atoms with Crippen LogP contribution < -0.4 is 5.32 Å². The fourth-order valence-electron chi connectivity index (χ4n) is 3.18. The third-order valence-electron chi connectivity index (χ3n) is 4.27. The summed E-state index contributed by atoms with van der Waals surface area (Å²) >= 11 is 1.81. The van der Waals surface area contributed by atoms with Crippen LogP contribution in [0.1, 0.15) is 39.0 Å². The first kappa shape index (κ1) is 14.8. The zero-order valence-corrected chi connectivity index (χ0v) is 13.3. The SMILES string of the molecule is CCNC(CSc1ncnc2nc[nH]c12)C1CCCCC1. The lowest BCUT2D eigenvalue weighted by molar-refractivity contribution is 0.288. The van der Waals surface area contributed by atoms with E-state index in [0.29, 0.717) is 6.04 Å². The number of thioether (sulfide) groups is 1. The molecule has 2 aromatic heterocycles. The molecule has 0 radical (unpaired) electrons. The number of nitrogens with zero attached hydrogens (tertiary/aromatic N) is 3. The standard InChI is InChI=1S/C15H23N5S/c1-2-16-12(11-6-4-3-5-7-11)8-21-15-13-14(18-9-17-13)19-10-20-15/h9-12,16H,2-8H2,1H3,(H,17,18,19,20). The Bertz CT molecular complexity index is 564. The number of aromatic amines is 1. The van der Waals surface area contributed by atoms with Crippen molar-refractivity contribution in [3.8, 4) is 0 Å². The molecule has 1 atom stereocenters. The van der Waals surface area contributed by atoms with Crippen molar-refractivity contribution in [2.75, 3.05) is 12.3 Å². The van der Waals surface area contributed by atoms with Gasteiger partial charge in [-0.2, -0.15) is 0 Å². The van der Waals surface area contributed by atoms with E-state index in [-0.39, 0.29) is 0 Å². The largest absolute Gasteiger partial charge is 0.341 e. The molecule has 1 fully saturated rings. The molecule has 1 unspecified atom stereocenters. The fourth-order valence-corrected chi connectivity index (χ4v) is 4.33. The Morgan fingerprint density at radius 1 is 1.29 bits per heavy atom. The van der Waals surface area contributed by atoms with Gasteiger partial charge in [0.2, 0.25) is 0 Å². The molecule has 5 nitrogen and oxygen atoms in total. The molecular weight excluding hydrogens is 282 g/mol. The quantitative estimate of drug-likeness (QED) is 0.634. The van der Waals surface area contributed by atoms with E-state index in [2.05, 4.69) is 32.2 Å². The minimum Gasteiger partial charge on any atom is -0.341 e. The van der Waals surface area contributed by atoms with E-state index in [0.717, 1.165) is 34.4 Å². The van der Waals surface area contributed by atoms with Crippen molar-refractivity contribution in [3.05, 3.63) is 12.7 Å². The van der Waals surface area contributed by atoms with Crippen LogP contribution >= 0.6 is 11.8 Å². The Labute approximate surface area is 129 Å². The van der Waals surface area contributed by atoms with Crippen LogP contribution in [0.25, 0.3) is 11.2 Å². The van der Waals surface area contributed by atoms with E-state index in [1.807, 2.05) is 11.8 Å².